The van der Waals surface area contributed by atoms with Gasteiger partial charge in [-0.3, -0.25) is 14.2 Å². The summed E-state index contributed by atoms with van der Waals surface area (Å²) in [6.45, 7) is 9.10. The maximum absolute atomic E-state index is 12.5. The predicted octanol–water partition coefficient (Wildman–Crippen LogP) is 4.10. The Kier molecular flexibility index (Phi) is 7.46. The molecule has 31 heavy (non-hydrogen) atoms. The zero-order valence-corrected chi connectivity index (χ0v) is 19.1. The van der Waals surface area contributed by atoms with Gasteiger partial charge in [-0.05, 0) is 57.5 Å². The van der Waals surface area contributed by atoms with Crippen LogP contribution in [-0.4, -0.2) is 50.3 Å². The number of carbonyl (C=O) groups is 2. The van der Waals surface area contributed by atoms with Crippen molar-refractivity contribution in [1.29, 1.82) is 0 Å². The number of aromatic nitrogens is 3. The van der Waals surface area contributed by atoms with Gasteiger partial charge in [0.1, 0.15) is 5.82 Å². The standard InChI is InChI=1S/C23H27N5O2S/c1-5-27(6-2)22(30)18-11-9-12-19(14-18)24-21(29)15-31-23-26-25-17(4)28(23)20-13-8-7-10-16(20)3/h7-14H,5-6,15H2,1-4H3,(H,24,29). The van der Waals surface area contributed by atoms with E-state index in [1.165, 1.54) is 11.8 Å². The first-order valence-electron chi connectivity index (χ1n) is 10.2. The summed E-state index contributed by atoms with van der Waals surface area (Å²) in [5, 5.41) is 11.9. The minimum Gasteiger partial charge on any atom is -0.339 e. The molecule has 3 rings (SSSR count). The molecule has 0 spiro atoms. The average molecular weight is 438 g/mol. The highest BCUT2D eigenvalue weighted by Gasteiger charge is 2.16. The van der Waals surface area contributed by atoms with Crippen molar-refractivity contribution in [2.75, 3.05) is 24.2 Å². The number of amides is 2. The molecule has 0 fully saturated rings. The number of anilines is 1. The molecule has 0 aliphatic carbocycles. The van der Waals surface area contributed by atoms with Crippen molar-refractivity contribution in [1.82, 2.24) is 19.7 Å². The molecule has 0 radical (unpaired) electrons. The number of rotatable bonds is 8. The Balaban J connectivity index is 1.68. The van der Waals surface area contributed by atoms with E-state index in [9.17, 15) is 9.59 Å². The fourth-order valence-corrected chi connectivity index (χ4v) is 4.07. The van der Waals surface area contributed by atoms with Gasteiger partial charge in [0.05, 0.1) is 11.4 Å². The molecule has 2 aromatic carbocycles. The van der Waals surface area contributed by atoms with Crippen molar-refractivity contribution in [2.24, 2.45) is 0 Å². The number of para-hydroxylation sites is 1. The van der Waals surface area contributed by atoms with E-state index >= 15 is 0 Å². The van der Waals surface area contributed by atoms with E-state index in [-0.39, 0.29) is 17.6 Å². The van der Waals surface area contributed by atoms with Crippen LogP contribution in [0.15, 0.2) is 53.7 Å². The normalized spacial score (nSPS) is 10.7. The minimum absolute atomic E-state index is 0.0442. The Hall–Kier alpha value is -3.13. The topological polar surface area (TPSA) is 80.1 Å². The van der Waals surface area contributed by atoms with Crippen LogP contribution in [0.1, 0.15) is 35.6 Å². The fourth-order valence-electron chi connectivity index (χ4n) is 3.28. The lowest BCUT2D eigenvalue weighted by Gasteiger charge is -2.19. The van der Waals surface area contributed by atoms with Crippen molar-refractivity contribution in [3.05, 3.63) is 65.5 Å². The zero-order chi connectivity index (χ0) is 22.4. The number of aryl methyl sites for hydroxylation is 2. The highest BCUT2D eigenvalue weighted by atomic mass is 32.2. The lowest BCUT2D eigenvalue weighted by molar-refractivity contribution is -0.113. The number of carbonyl (C=O) groups excluding carboxylic acids is 2. The predicted molar refractivity (Wildman–Crippen MR) is 124 cm³/mol. The Bertz CT molecular complexity index is 1080. The SMILES string of the molecule is CCN(CC)C(=O)c1cccc(NC(=O)CSc2nnc(C)n2-c2ccccc2C)c1. The number of thioether (sulfide) groups is 1. The molecule has 3 aromatic rings. The Morgan fingerprint density at radius 2 is 1.77 bits per heavy atom. The second kappa shape index (κ2) is 10.3. The van der Waals surface area contributed by atoms with E-state index in [0.717, 1.165) is 17.1 Å². The molecule has 162 valence electrons. The molecule has 0 saturated carbocycles. The minimum atomic E-state index is -0.172. The molecular formula is C23H27N5O2S. The van der Waals surface area contributed by atoms with Gasteiger partial charge in [0.15, 0.2) is 5.16 Å². The highest BCUT2D eigenvalue weighted by molar-refractivity contribution is 7.99. The molecule has 2 amide bonds. The van der Waals surface area contributed by atoms with Crippen molar-refractivity contribution < 1.29 is 9.59 Å². The van der Waals surface area contributed by atoms with Gasteiger partial charge in [-0.25, -0.2) is 0 Å². The second-order valence-electron chi connectivity index (χ2n) is 7.05. The number of nitrogens with one attached hydrogen (secondary N) is 1. The van der Waals surface area contributed by atoms with E-state index in [4.69, 9.17) is 0 Å². The largest absolute Gasteiger partial charge is 0.339 e. The summed E-state index contributed by atoms with van der Waals surface area (Å²) in [5.41, 5.74) is 3.26. The van der Waals surface area contributed by atoms with Crippen molar-refractivity contribution in [3.63, 3.8) is 0 Å². The molecule has 1 N–H and O–H groups in total. The maximum atomic E-state index is 12.5. The van der Waals surface area contributed by atoms with E-state index in [1.807, 2.05) is 56.5 Å². The number of hydrogen-bond acceptors (Lipinski definition) is 5. The van der Waals surface area contributed by atoms with Crippen LogP contribution in [0.25, 0.3) is 5.69 Å². The molecular weight excluding hydrogens is 410 g/mol. The molecule has 1 heterocycles. The third-order valence-electron chi connectivity index (χ3n) is 4.93. The molecule has 0 aliphatic rings. The number of nitrogens with zero attached hydrogens (tertiary/aromatic N) is 4. The fraction of sp³-hybridized carbons (Fsp3) is 0.304. The van der Waals surface area contributed by atoms with E-state index < -0.39 is 0 Å². The summed E-state index contributed by atoms with van der Waals surface area (Å²) in [5.74, 6) is 0.727. The van der Waals surface area contributed by atoms with Crippen molar-refractivity contribution >= 4 is 29.3 Å². The molecule has 0 bridgehead atoms. The van der Waals surface area contributed by atoms with Gasteiger partial charge in [0.25, 0.3) is 5.91 Å². The van der Waals surface area contributed by atoms with Crippen molar-refractivity contribution in [3.8, 4) is 5.69 Å². The van der Waals surface area contributed by atoms with Gasteiger partial charge in [0, 0.05) is 24.3 Å². The molecule has 8 heteroatoms. The van der Waals surface area contributed by atoms with Crippen molar-refractivity contribution in [2.45, 2.75) is 32.9 Å². The highest BCUT2D eigenvalue weighted by Crippen LogP contribution is 2.24. The Labute approximate surface area is 186 Å². The lowest BCUT2D eigenvalue weighted by Crippen LogP contribution is -2.30. The summed E-state index contributed by atoms with van der Waals surface area (Å²) in [6.07, 6.45) is 0. The van der Waals surface area contributed by atoms with Gasteiger partial charge in [-0.1, -0.05) is 36.0 Å². The molecule has 0 aliphatic heterocycles. The van der Waals surface area contributed by atoms with Crippen LogP contribution >= 0.6 is 11.8 Å². The second-order valence-corrected chi connectivity index (χ2v) is 7.99. The zero-order valence-electron chi connectivity index (χ0n) is 18.3. The lowest BCUT2D eigenvalue weighted by atomic mass is 10.1. The van der Waals surface area contributed by atoms with E-state index in [0.29, 0.717) is 29.5 Å². The van der Waals surface area contributed by atoms with Gasteiger partial charge < -0.3 is 10.2 Å². The molecule has 7 nitrogen and oxygen atoms in total. The third kappa shape index (κ3) is 5.32. The Morgan fingerprint density at radius 3 is 2.48 bits per heavy atom. The van der Waals surface area contributed by atoms with Crippen LogP contribution in [0.2, 0.25) is 0 Å². The van der Waals surface area contributed by atoms with Crippen LogP contribution in [0.5, 0.6) is 0 Å². The van der Waals surface area contributed by atoms with Crippen LogP contribution in [0, 0.1) is 13.8 Å². The van der Waals surface area contributed by atoms with Gasteiger partial charge in [0.2, 0.25) is 5.91 Å². The maximum Gasteiger partial charge on any atom is 0.253 e. The summed E-state index contributed by atoms with van der Waals surface area (Å²) in [6, 6.07) is 15.0. The monoisotopic (exact) mass is 437 g/mol. The summed E-state index contributed by atoms with van der Waals surface area (Å²) < 4.78 is 1.96. The average Bonchev–Trinajstić information content (AvgIpc) is 3.13. The van der Waals surface area contributed by atoms with Gasteiger partial charge in [-0.15, -0.1) is 10.2 Å². The molecule has 0 atom stereocenters. The van der Waals surface area contributed by atoms with E-state index in [2.05, 4.69) is 15.5 Å². The number of benzene rings is 2. The molecule has 0 saturated heterocycles. The first-order valence-corrected chi connectivity index (χ1v) is 11.2. The Morgan fingerprint density at radius 1 is 1.03 bits per heavy atom. The van der Waals surface area contributed by atoms with Crippen LogP contribution < -0.4 is 5.32 Å². The van der Waals surface area contributed by atoms with Gasteiger partial charge >= 0.3 is 0 Å². The summed E-state index contributed by atoms with van der Waals surface area (Å²) in [4.78, 5) is 26.8. The first-order chi connectivity index (χ1) is 14.9. The van der Waals surface area contributed by atoms with Crippen LogP contribution in [0.4, 0.5) is 5.69 Å². The summed E-state index contributed by atoms with van der Waals surface area (Å²) >= 11 is 1.32. The first kappa shape index (κ1) is 22.6. The summed E-state index contributed by atoms with van der Waals surface area (Å²) in [7, 11) is 0. The third-order valence-corrected chi connectivity index (χ3v) is 5.86. The van der Waals surface area contributed by atoms with Gasteiger partial charge in [-0.2, -0.15) is 0 Å². The van der Waals surface area contributed by atoms with E-state index in [1.54, 1.807) is 29.2 Å². The van der Waals surface area contributed by atoms with Crippen LogP contribution in [-0.2, 0) is 4.79 Å². The van der Waals surface area contributed by atoms with Crippen LogP contribution in [0.3, 0.4) is 0 Å². The quantitative estimate of drug-likeness (QED) is 0.537. The number of hydrogen-bond donors (Lipinski definition) is 1. The molecule has 1 aromatic heterocycles. The smallest absolute Gasteiger partial charge is 0.253 e. The molecule has 0 unspecified atom stereocenters.